The predicted molar refractivity (Wildman–Crippen MR) is 122 cm³/mol. The van der Waals surface area contributed by atoms with Gasteiger partial charge in [-0.15, -0.1) is 0 Å². The number of nitrogens with one attached hydrogen (secondary N) is 1. The van der Waals surface area contributed by atoms with Gasteiger partial charge in [0.05, 0.1) is 0 Å². The summed E-state index contributed by atoms with van der Waals surface area (Å²) >= 11 is 0. The number of carbonyl (C=O) groups excluding carboxylic acids is 2. The molecule has 0 bridgehead atoms. The van der Waals surface area contributed by atoms with E-state index < -0.39 is 6.85 Å². The molecule has 2 heterocycles. The van der Waals surface area contributed by atoms with E-state index in [-0.39, 0.29) is 17.4 Å². The van der Waals surface area contributed by atoms with Gasteiger partial charge in [-0.1, -0.05) is 35.9 Å². The minimum Gasteiger partial charge on any atom is -0.348 e. The van der Waals surface area contributed by atoms with E-state index in [1.54, 1.807) is 53.6 Å². The molecule has 5 heteroatoms. The number of nitrogens with zero attached hydrogens (tertiary/aromatic N) is 2. The molecule has 3 aromatic rings. The van der Waals surface area contributed by atoms with Crippen molar-refractivity contribution in [3.63, 3.8) is 0 Å². The molecule has 1 aliphatic heterocycles. The highest BCUT2D eigenvalue weighted by atomic mass is 16.2. The monoisotopic (exact) mass is 416 g/mol. The van der Waals surface area contributed by atoms with Crippen molar-refractivity contribution >= 4 is 11.8 Å². The smallest absolute Gasteiger partial charge is 0.253 e. The predicted octanol–water partition coefficient (Wildman–Crippen LogP) is 4.53. The van der Waals surface area contributed by atoms with Gasteiger partial charge in [0.1, 0.15) is 0 Å². The Morgan fingerprint density at radius 1 is 1.00 bits per heavy atom. The van der Waals surface area contributed by atoms with Gasteiger partial charge in [-0.2, -0.15) is 0 Å². The summed E-state index contributed by atoms with van der Waals surface area (Å²) < 4.78 is 22.7. The Bertz CT molecular complexity index is 1180. The van der Waals surface area contributed by atoms with Gasteiger partial charge in [0.15, 0.2) is 0 Å². The summed E-state index contributed by atoms with van der Waals surface area (Å²) in [6.07, 6.45) is 3.67. The molecule has 2 aromatic carbocycles. The molecule has 0 saturated carbocycles. The average Bonchev–Trinajstić information content (AvgIpc) is 3.37. The van der Waals surface area contributed by atoms with Crippen LogP contribution in [0.4, 0.5) is 0 Å². The van der Waals surface area contributed by atoms with Crippen LogP contribution in [0, 0.1) is 13.8 Å². The van der Waals surface area contributed by atoms with Crippen LogP contribution >= 0.6 is 0 Å². The Kier molecular flexibility index (Phi) is 5.07. The number of pyridine rings is 1. The summed E-state index contributed by atoms with van der Waals surface area (Å²) in [7, 11) is 0. The number of hydrogen-bond acceptors (Lipinski definition) is 3. The van der Waals surface area contributed by atoms with E-state index >= 15 is 0 Å². The molecule has 0 radical (unpaired) electrons. The van der Waals surface area contributed by atoms with Gasteiger partial charge in [-0.3, -0.25) is 14.6 Å². The highest BCUT2D eigenvalue weighted by molar-refractivity contribution is 6.01. The summed E-state index contributed by atoms with van der Waals surface area (Å²) in [5, 5.41) is 2.90. The summed E-state index contributed by atoms with van der Waals surface area (Å²) in [6, 6.07) is 15.5. The number of carbonyl (C=O) groups is 2. The van der Waals surface area contributed by atoms with Gasteiger partial charge < -0.3 is 10.2 Å². The van der Waals surface area contributed by atoms with Gasteiger partial charge in [-0.05, 0) is 67.6 Å². The van der Waals surface area contributed by atoms with Gasteiger partial charge >= 0.3 is 0 Å². The summed E-state index contributed by atoms with van der Waals surface area (Å²) in [5.41, 5.74) is 4.26. The number of hydrogen-bond donors (Lipinski definition) is 1. The molecule has 31 heavy (non-hydrogen) atoms. The maximum Gasteiger partial charge on any atom is 0.253 e. The Labute approximate surface area is 187 Å². The fraction of sp³-hybridized carbons (Fsp3) is 0.269. The summed E-state index contributed by atoms with van der Waals surface area (Å²) in [4.78, 5) is 32.2. The first-order valence-corrected chi connectivity index (χ1v) is 10.5. The molecule has 0 spiro atoms. The van der Waals surface area contributed by atoms with E-state index in [4.69, 9.17) is 4.11 Å². The molecule has 1 saturated heterocycles. The van der Waals surface area contributed by atoms with Crippen molar-refractivity contribution in [1.82, 2.24) is 15.2 Å². The minimum absolute atomic E-state index is 0.102. The average molecular weight is 417 g/mol. The van der Waals surface area contributed by atoms with E-state index in [0.29, 0.717) is 36.3 Å². The molecule has 0 aliphatic carbocycles. The number of likely N-dealkylation sites (tertiary alicyclic amines) is 1. The molecule has 2 amide bonds. The van der Waals surface area contributed by atoms with Gasteiger partial charge in [0.25, 0.3) is 11.8 Å². The lowest BCUT2D eigenvalue weighted by Gasteiger charge is -2.17. The van der Waals surface area contributed by atoms with Crippen LogP contribution in [-0.2, 0) is 6.54 Å². The Hall–Kier alpha value is -3.47. The zero-order valence-electron chi connectivity index (χ0n) is 20.5. The molecular weight excluding hydrogens is 386 g/mol. The zero-order chi connectivity index (χ0) is 24.3. The maximum absolute atomic E-state index is 13.1. The fourth-order valence-corrected chi connectivity index (χ4v) is 3.70. The van der Waals surface area contributed by atoms with Crippen LogP contribution in [0.3, 0.4) is 0 Å². The topological polar surface area (TPSA) is 62.3 Å². The van der Waals surface area contributed by atoms with Crippen molar-refractivity contribution in [2.75, 3.05) is 13.1 Å². The third kappa shape index (κ3) is 5.00. The fourth-order valence-electron chi connectivity index (χ4n) is 3.70. The van der Waals surface area contributed by atoms with Crippen LogP contribution in [-0.4, -0.2) is 34.8 Å². The highest BCUT2D eigenvalue weighted by Gasteiger charge is 2.21. The zero-order valence-corrected chi connectivity index (χ0v) is 17.5. The van der Waals surface area contributed by atoms with Crippen molar-refractivity contribution in [2.24, 2.45) is 0 Å². The van der Waals surface area contributed by atoms with Crippen molar-refractivity contribution in [1.29, 1.82) is 0 Å². The first kappa shape index (κ1) is 17.2. The second kappa shape index (κ2) is 9.13. The molecule has 1 fully saturated rings. The molecule has 158 valence electrons. The van der Waals surface area contributed by atoms with Crippen molar-refractivity contribution < 1.29 is 13.7 Å². The molecule has 1 aromatic heterocycles. The molecule has 1 N–H and O–H groups in total. The third-order valence-electron chi connectivity index (χ3n) is 5.48. The van der Waals surface area contributed by atoms with Crippen LogP contribution < -0.4 is 5.32 Å². The lowest BCUT2D eigenvalue weighted by Crippen LogP contribution is -2.28. The molecule has 1 aliphatic rings. The van der Waals surface area contributed by atoms with Crippen molar-refractivity contribution in [3.8, 4) is 11.1 Å². The number of amides is 2. The quantitative estimate of drug-likeness (QED) is 0.665. The Morgan fingerprint density at radius 3 is 2.42 bits per heavy atom. The van der Waals surface area contributed by atoms with E-state index in [1.165, 1.54) is 0 Å². The third-order valence-corrected chi connectivity index (χ3v) is 5.48. The minimum atomic E-state index is -2.19. The van der Waals surface area contributed by atoms with E-state index in [1.807, 2.05) is 19.1 Å². The van der Waals surface area contributed by atoms with Crippen LogP contribution in [0.15, 0.2) is 60.8 Å². The van der Waals surface area contributed by atoms with E-state index in [9.17, 15) is 9.59 Å². The summed E-state index contributed by atoms with van der Waals surface area (Å²) in [6.45, 7) is 1.44. The van der Waals surface area contributed by atoms with Crippen LogP contribution in [0.2, 0.25) is 0 Å². The standard InChI is InChI=1S/C26H27N3O2/c1-18-5-9-21(10-6-18)22-13-23(15-24(14-22)26(31)29-11-3-4-12-29)25(30)28-17-20-8-7-19(2)27-16-20/h5-10,13-16H,3-4,11-12,17H2,1-2H3,(H,28,30)/i1D3. The number of aryl methyl sites for hydroxylation is 2. The number of benzene rings is 2. The van der Waals surface area contributed by atoms with Crippen molar-refractivity contribution in [2.45, 2.75) is 33.2 Å². The van der Waals surface area contributed by atoms with Gasteiger partial charge in [0, 0.05) is 46.8 Å². The van der Waals surface area contributed by atoms with Crippen LogP contribution in [0.25, 0.3) is 11.1 Å². The SMILES string of the molecule is [2H]C([2H])([2H])c1ccc(-c2cc(C(=O)NCc3ccc(C)nc3)cc(C(=O)N3CCCC3)c2)cc1. The second-order valence-corrected chi connectivity index (χ2v) is 7.87. The van der Waals surface area contributed by atoms with Crippen LogP contribution in [0.5, 0.6) is 0 Å². The first-order valence-electron chi connectivity index (χ1n) is 12.0. The lowest BCUT2D eigenvalue weighted by molar-refractivity contribution is 0.0793. The first-order chi connectivity index (χ1) is 16.2. The van der Waals surface area contributed by atoms with Crippen molar-refractivity contribution in [3.05, 3.63) is 88.7 Å². The highest BCUT2D eigenvalue weighted by Crippen LogP contribution is 2.25. The van der Waals surface area contributed by atoms with E-state index in [0.717, 1.165) is 29.7 Å². The lowest BCUT2D eigenvalue weighted by atomic mass is 9.98. The van der Waals surface area contributed by atoms with Gasteiger partial charge in [0.2, 0.25) is 0 Å². The number of aromatic nitrogens is 1. The van der Waals surface area contributed by atoms with Gasteiger partial charge in [-0.25, -0.2) is 0 Å². The van der Waals surface area contributed by atoms with Crippen LogP contribution in [0.1, 0.15) is 54.5 Å². The molecule has 0 atom stereocenters. The van der Waals surface area contributed by atoms with E-state index in [2.05, 4.69) is 10.3 Å². The summed E-state index contributed by atoms with van der Waals surface area (Å²) in [5.74, 6) is -0.396. The normalized spacial score (nSPS) is 15.1. The second-order valence-electron chi connectivity index (χ2n) is 7.87. The Morgan fingerprint density at radius 2 is 1.74 bits per heavy atom. The largest absolute Gasteiger partial charge is 0.348 e. The molecule has 5 nitrogen and oxygen atoms in total. The maximum atomic E-state index is 13.1. The molecular formula is C26H27N3O2. The molecule has 4 rings (SSSR count). The Balaban J connectivity index is 1.64. The number of rotatable bonds is 5. The molecule has 0 unspecified atom stereocenters.